The van der Waals surface area contributed by atoms with Crippen molar-refractivity contribution in [2.75, 3.05) is 0 Å². The number of hydrogen-bond acceptors (Lipinski definition) is 1. The molecule has 0 aliphatic carbocycles. The van der Waals surface area contributed by atoms with Gasteiger partial charge in [-0.3, -0.25) is 0 Å². The van der Waals surface area contributed by atoms with Gasteiger partial charge in [-0.05, 0) is 25.0 Å². The highest BCUT2D eigenvalue weighted by Gasteiger charge is 2.10. The van der Waals surface area contributed by atoms with E-state index >= 15 is 0 Å². The van der Waals surface area contributed by atoms with E-state index in [1.54, 1.807) is 0 Å². The molecule has 0 saturated heterocycles. The smallest absolute Gasteiger partial charge is 0.0275 e. The Balaban J connectivity index is 2.57. The summed E-state index contributed by atoms with van der Waals surface area (Å²) in [6.45, 7) is 10.7. The van der Waals surface area contributed by atoms with E-state index in [2.05, 4.69) is 51.6 Å². The fraction of sp³-hybridized carbons (Fsp3) is 0.385. The normalized spacial score (nSPS) is 12.9. The average Bonchev–Trinajstić information content (AvgIpc) is 2.18. The van der Waals surface area contributed by atoms with Gasteiger partial charge in [0, 0.05) is 10.1 Å². The van der Waals surface area contributed by atoms with Crippen LogP contribution in [0.5, 0.6) is 0 Å². The lowest BCUT2D eigenvalue weighted by Gasteiger charge is -2.17. The van der Waals surface area contributed by atoms with Crippen molar-refractivity contribution in [1.29, 1.82) is 0 Å². The van der Waals surface area contributed by atoms with E-state index in [1.807, 2.05) is 17.8 Å². The number of rotatable bonds is 4. The summed E-state index contributed by atoms with van der Waals surface area (Å²) in [5.74, 6) is 0.571. The first kappa shape index (κ1) is 11.4. The molecule has 0 aliphatic heterocycles. The van der Waals surface area contributed by atoms with Crippen LogP contribution in [-0.2, 0) is 0 Å². The molecule has 0 radical (unpaired) electrons. The molecule has 0 bridgehead atoms. The number of benzene rings is 1. The second-order valence-electron chi connectivity index (χ2n) is 3.80. The van der Waals surface area contributed by atoms with E-state index in [9.17, 15) is 0 Å². The third-order valence-corrected chi connectivity index (χ3v) is 3.52. The Hall–Kier alpha value is -0.690. The van der Waals surface area contributed by atoms with Crippen LogP contribution < -0.4 is 0 Å². The van der Waals surface area contributed by atoms with Crippen molar-refractivity contribution in [3.05, 3.63) is 42.5 Å². The van der Waals surface area contributed by atoms with Crippen LogP contribution >= 0.6 is 11.8 Å². The minimum absolute atomic E-state index is 0.498. The predicted molar refractivity (Wildman–Crippen MR) is 65.7 cm³/mol. The van der Waals surface area contributed by atoms with Crippen molar-refractivity contribution in [1.82, 2.24) is 0 Å². The Morgan fingerprint density at radius 1 is 1.14 bits per heavy atom. The van der Waals surface area contributed by atoms with Crippen LogP contribution in [0.2, 0.25) is 0 Å². The standard InChI is InChI=1S/C13H18S/c1-10(2)11(3)12(4)14-13-8-6-5-7-9-13/h5-10,12H,3H2,1-2,4H3. The highest BCUT2D eigenvalue weighted by Crippen LogP contribution is 2.29. The van der Waals surface area contributed by atoms with E-state index in [0.717, 1.165) is 0 Å². The molecule has 14 heavy (non-hydrogen) atoms. The Morgan fingerprint density at radius 3 is 2.21 bits per heavy atom. The quantitative estimate of drug-likeness (QED) is 0.520. The van der Waals surface area contributed by atoms with E-state index in [-0.39, 0.29) is 0 Å². The molecule has 0 heterocycles. The maximum absolute atomic E-state index is 4.13. The van der Waals surface area contributed by atoms with E-state index < -0.39 is 0 Å². The third-order valence-electron chi connectivity index (χ3n) is 2.32. The molecule has 0 N–H and O–H groups in total. The number of hydrogen-bond donors (Lipinski definition) is 0. The first-order valence-corrected chi connectivity index (χ1v) is 5.89. The maximum Gasteiger partial charge on any atom is 0.0275 e. The summed E-state index contributed by atoms with van der Waals surface area (Å²) in [6.07, 6.45) is 0. The monoisotopic (exact) mass is 206 g/mol. The molecule has 0 fully saturated rings. The van der Waals surface area contributed by atoms with Gasteiger partial charge in [-0.15, -0.1) is 11.8 Å². The first-order chi connectivity index (χ1) is 6.61. The van der Waals surface area contributed by atoms with Gasteiger partial charge < -0.3 is 0 Å². The van der Waals surface area contributed by atoms with Gasteiger partial charge in [-0.25, -0.2) is 0 Å². The van der Waals surface area contributed by atoms with Crippen LogP contribution in [0.25, 0.3) is 0 Å². The molecule has 0 amide bonds. The highest BCUT2D eigenvalue weighted by molar-refractivity contribution is 8.00. The van der Waals surface area contributed by atoms with Gasteiger partial charge in [0.2, 0.25) is 0 Å². The zero-order valence-corrected chi connectivity index (χ0v) is 9.97. The third kappa shape index (κ3) is 3.22. The molecule has 0 saturated carbocycles. The summed E-state index contributed by atoms with van der Waals surface area (Å²) in [5, 5.41) is 0.498. The fourth-order valence-corrected chi connectivity index (χ4v) is 2.39. The molecule has 1 aromatic carbocycles. The SMILES string of the molecule is C=C(C(C)C)C(C)Sc1ccccc1. The van der Waals surface area contributed by atoms with Crippen molar-refractivity contribution in [2.45, 2.75) is 30.9 Å². The van der Waals surface area contributed by atoms with Gasteiger partial charge in [0.15, 0.2) is 0 Å². The zero-order chi connectivity index (χ0) is 10.6. The Bertz CT molecular complexity index is 287. The van der Waals surface area contributed by atoms with Crippen LogP contribution in [0.3, 0.4) is 0 Å². The van der Waals surface area contributed by atoms with Gasteiger partial charge in [0.25, 0.3) is 0 Å². The second-order valence-corrected chi connectivity index (χ2v) is 5.22. The average molecular weight is 206 g/mol. The summed E-state index contributed by atoms with van der Waals surface area (Å²) < 4.78 is 0. The van der Waals surface area contributed by atoms with Gasteiger partial charge in [-0.1, -0.05) is 44.2 Å². The molecule has 76 valence electrons. The lowest BCUT2D eigenvalue weighted by Crippen LogP contribution is -2.05. The van der Waals surface area contributed by atoms with Crippen molar-refractivity contribution < 1.29 is 0 Å². The fourth-order valence-electron chi connectivity index (χ4n) is 1.25. The topological polar surface area (TPSA) is 0 Å². The van der Waals surface area contributed by atoms with Crippen molar-refractivity contribution in [2.24, 2.45) is 5.92 Å². The summed E-state index contributed by atoms with van der Waals surface area (Å²) >= 11 is 1.88. The van der Waals surface area contributed by atoms with Crippen LogP contribution in [-0.4, -0.2) is 5.25 Å². The van der Waals surface area contributed by atoms with E-state index in [1.165, 1.54) is 10.5 Å². The molecule has 1 heteroatoms. The molecule has 1 atom stereocenters. The zero-order valence-electron chi connectivity index (χ0n) is 9.16. The number of thioether (sulfide) groups is 1. The molecule has 0 aliphatic rings. The van der Waals surface area contributed by atoms with Gasteiger partial charge >= 0.3 is 0 Å². The van der Waals surface area contributed by atoms with Crippen molar-refractivity contribution in [3.8, 4) is 0 Å². The largest absolute Gasteiger partial charge is 0.119 e. The second kappa shape index (κ2) is 5.26. The maximum atomic E-state index is 4.13. The highest BCUT2D eigenvalue weighted by atomic mass is 32.2. The van der Waals surface area contributed by atoms with Gasteiger partial charge in [-0.2, -0.15) is 0 Å². The van der Waals surface area contributed by atoms with Crippen LogP contribution in [0.4, 0.5) is 0 Å². The molecule has 1 unspecified atom stereocenters. The van der Waals surface area contributed by atoms with Crippen molar-refractivity contribution in [3.63, 3.8) is 0 Å². The van der Waals surface area contributed by atoms with E-state index in [4.69, 9.17) is 0 Å². The van der Waals surface area contributed by atoms with Crippen LogP contribution in [0.15, 0.2) is 47.4 Å². The first-order valence-electron chi connectivity index (χ1n) is 5.01. The summed E-state index contributed by atoms with van der Waals surface area (Å²) in [7, 11) is 0. The molecule has 0 nitrogen and oxygen atoms in total. The van der Waals surface area contributed by atoms with Crippen molar-refractivity contribution >= 4 is 11.8 Å². The Kier molecular flexibility index (Phi) is 4.27. The molecular weight excluding hydrogens is 188 g/mol. The Labute approximate surface area is 91.4 Å². The summed E-state index contributed by atoms with van der Waals surface area (Å²) in [5.41, 5.74) is 1.32. The van der Waals surface area contributed by atoms with Gasteiger partial charge in [0.05, 0.1) is 0 Å². The molecular formula is C13H18S. The molecule has 0 spiro atoms. The van der Waals surface area contributed by atoms with E-state index in [0.29, 0.717) is 11.2 Å². The molecule has 1 rings (SSSR count). The minimum atomic E-state index is 0.498. The van der Waals surface area contributed by atoms with Crippen LogP contribution in [0.1, 0.15) is 20.8 Å². The molecule has 1 aromatic rings. The van der Waals surface area contributed by atoms with Gasteiger partial charge in [0.1, 0.15) is 0 Å². The van der Waals surface area contributed by atoms with Crippen LogP contribution in [0, 0.1) is 5.92 Å². The summed E-state index contributed by atoms with van der Waals surface area (Å²) in [4.78, 5) is 1.32. The molecule has 0 aromatic heterocycles. The lowest BCUT2D eigenvalue weighted by atomic mass is 10.0. The Morgan fingerprint density at radius 2 is 1.71 bits per heavy atom. The predicted octanol–water partition coefficient (Wildman–Crippen LogP) is 4.38. The summed E-state index contributed by atoms with van der Waals surface area (Å²) in [6, 6.07) is 10.5. The minimum Gasteiger partial charge on any atom is -0.119 e. The lowest BCUT2D eigenvalue weighted by molar-refractivity contribution is 0.742.